The number of hydrogen-bond donors (Lipinski definition) is 3. The van der Waals surface area contributed by atoms with Crippen molar-refractivity contribution in [1.29, 1.82) is 0 Å². The lowest BCUT2D eigenvalue weighted by molar-refractivity contribution is 0.0735. The molecule has 43 heavy (non-hydrogen) atoms. The monoisotopic (exact) mass is 596 g/mol. The maximum Gasteiger partial charge on any atom is 0.254 e. The van der Waals surface area contributed by atoms with Crippen molar-refractivity contribution < 1.29 is 14.7 Å². The molecule has 1 saturated heterocycles. The highest BCUT2D eigenvalue weighted by molar-refractivity contribution is 7.09. The Balaban J connectivity index is 1.27. The Morgan fingerprint density at radius 2 is 1.74 bits per heavy atom. The number of hydrogen-bond acceptors (Lipinski definition) is 6. The van der Waals surface area contributed by atoms with Gasteiger partial charge in [-0.25, -0.2) is 4.98 Å². The van der Waals surface area contributed by atoms with Crippen molar-refractivity contribution in [2.75, 3.05) is 13.1 Å². The molecule has 3 aromatic carbocycles. The molecule has 0 radical (unpaired) electrons. The number of carbonyl (C=O) groups is 2. The third-order valence-electron chi connectivity index (χ3n) is 7.97. The van der Waals surface area contributed by atoms with Crippen LogP contribution >= 0.6 is 11.3 Å². The molecule has 5 rings (SSSR count). The zero-order valence-electron chi connectivity index (χ0n) is 24.8. The molecular weight excluding hydrogens is 556 g/mol. The van der Waals surface area contributed by atoms with E-state index in [2.05, 4.69) is 40.7 Å². The van der Waals surface area contributed by atoms with E-state index in [0.29, 0.717) is 37.2 Å². The van der Waals surface area contributed by atoms with Gasteiger partial charge in [0.25, 0.3) is 11.8 Å². The van der Waals surface area contributed by atoms with Gasteiger partial charge in [0.05, 0.1) is 18.2 Å². The molecule has 1 fully saturated rings. The number of amides is 2. The number of nitrogens with zero attached hydrogens (tertiary/aromatic N) is 2. The second-order valence-corrected chi connectivity index (χ2v) is 12.1. The van der Waals surface area contributed by atoms with Crippen LogP contribution in [-0.4, -0.2) is 52.0 Å². The van der Waals surface area contributed by atoms with Crippen molar-refractivity contribution in [2.45, 2.75) is 64.3 Å². The fraction of sp³-hybridized carbons (Fsp3) is 0.343. The third-order valence-corrected chi connectivity index (χ3v) is 9.03. The molecule has 0 aliphatic carbocycles. The van der Waals surface area contributed by atoms with E-state index in [1.54, 1.807) is 35.6 Å². The van der Waals surface area contributed by atoms with Crippen LogP contribution < -0.4 is 10.6 Å². The van der Waals surface area contributed by atoms with E-state index in [-0.39, 0.29) is 17.9 Å². The largest absolute Gasteiger partial charge is 0.390 e. The average Bonchev–Trinajstić information content (AvgIpc) is 3.70. The van der Waals surface area contributed by atoms with Crippen LogP contribution in [0.1, 0.15) is 73.9 Å². The SMILES string of the molecule is CCc1cccc(CNC[C@@H](O)[C@H](Cc2ccccc2)NC(=O)c2cccc(C(=O)N3CCC[C@@H]3c3nc(C)cs3)c2)c1. The lowest BCUT2D eigenvalue weighted by Crippen LogP contribution is -2.48. The van der Waals surface area contributed by atoms with Crippen LogP contribution in [0.2, 0.25) is 0 Å². The Kier molecular flexibility index (Phi) is 10.4. The maximum atomic E-state index is 13.6. The van der Waals surface area contributed by atoms with Gasteiger partial charge in [-0.05, 0) is 67.5 Å². The van der Waals surface area contributed by atoms with Crippen LogP contribution in [0.4, 0.5) is 0 Å². The van der Waals surface area contributed by atoms with Crippen LogP contribution in [0, 0.1) is 6.92 Å². The van der Waals surface area contributed by atoms with Gasteiger partial charge in [0.1, 0.15) is 5.01 Å². The van der Waals surface area contributed by atoms with Crippen LogP contribution in [0.25, 0.3) is 0 Å². The van der Waals surface area contributed by atoms with Crippen LogP contribution in [-0.2, 0) is 19.4 Å². The smallest absolute Gasteiger partial charge is 0.254 e. The summed E-state index contributed by atoms with van der Waals surface area (Å²) in [5.74, 6) is -0.416. The zero-order chi connectivity index (χ0) is 30.2. The Labute approximate surface area is 258 Å². The molecule has 7 nitrogen and oxygen atoms in total. The molecule has 0 spiro atoms. The first-order valence-electron chi connectivity index (χ1n) is 15.1. The Bertz CT molecular complexity index is 1520. The predicted octanol–water partition coefficient (Wildman–Crippen LogP) is 5.48. The molecular formula is C35H40N4O3S. The topological polar surface area (TPSA) is 94.6 Å². The Morgan fingerprint density at radius 3 is 2.51 bits per heavy atom. The van der Waals surface area contributed by atoms with Crippen molar-refractivity contribution in [3.63, 3.8) is 0 Å². The summed E-state index contributed by atoms with van der Waals surface area (Å²) in [6.07, 6.45) is 2.43. The summed E-state index contributed by atoms with van der Waals surface area (Å²) in [5, 5.41) is 20.6. The van der Waals surface area contributed by atoms with Crippen molar-refractivity contribution in [3.05, 3.63) is 123 Å². The first kappa shape index (κ1) is 30.6. The fourth-order valence-corrected chi connectivity index (χ4v) is 6.56. The second-order valence-electron chi connectivity index (χ2n) is 11.2. The van der Waals surface area contributed by atoms with Gasteiger partial charge in [-0.2, -0.15) is 0 Å². The highest BCUT2D eigenvalue weighted by atomic mass is 32.1. The molecule has 224 valence electrons. The lowest BCUT2D eigenvalue weighted by atomic mass is 10.00. The summed E-state index contributed by atoms with van der Waals surface area (Å²) in [4.78, 5) is 33.6. The molecule has 1 aliphatic heterocycles. The van der Waals surface area contributed by atoms with Gasteiger partial charge in [-0.1, -0.05) is 67.6 Å². The van der Waals surface area contributed by atoms with Gasteiger partial charge < -0.3 is 20.6 Å². The minimum atomic E-state index is -0.824. The van der Waals surface area contributed by atoms with Gasteiger partial charge >= 0.3 is 0 Å². The number of aliphatic hydroxyl groups excluding tert-OH is 1. The van der Waals surface area contributed by atoms with E-state index in [4.69, 9.17) is 0 Å². The Morgan fingerprint density at radius 1 is 1.00 bits per heavy atom. The molecule has 0 bridgehead atoms. The van der Waals surface area contributed by atoms with E-state index >= 15 is 0 Å². The summed E-state index contributed by atoms with van der Waals surface area (Å²) in [5.41, 5.74) is 5.27. The molecule has 4 aromatic rings. The fourth-order valence-electron chi connectivity index (χ4n) is 5.62. The highest BCUT2D eigenvalue weighted by Gasteiger charge is 2.33. The number of aryl methyl sites for hydroxylation is 2. The standard InChI is InChI=1S/C35H40N4O3S/c1-3-25-12-7-13-27(18-25)21-36-22-32(40)30(19-26-10-5-4-6-11-26)38-33(41)28-14-8-15-29(20-28)35(42)39-17-9-16-31(39)34-37-24(2)23-43-34/h4-8,10-15,18,20,23,30-32,36,40H,3,9,16-17,19,21-22H2,1-2H3,(H,38,41)/t30-,31+,32+/m0/s1. The molecule has 1 aromatic heterocycles. The van der Waals surface area contributed by atoms with Crippen LogP contribution in [0.5, 0.6) is 0 Å². The minimum Gasteiger partial charge on any atom is -0.390 e. The van der Waals surface area contributed by atoms with E-state index in [0.717, 1.165) is 41.1 Å². The van der Waals surface area contributed by atoms with Gasteiger partial charge in [-0.3, -0.25) is 9.59 Å². The van der Waals surface area contributed by atoms with Gasteiger partial charge in [0.2, 0.25) is 0 Å². The van der Waals surface area contributed by atoms with E-state index in [9.17, 15) is 14.7 Å². The van der Waals surface area contributed by atoms with E-state index in [1.807, 2.05) is 53.6 Å². The molecule has 2 amide bonds. The minimum absolute atomic E-state index is 0.0361. The summed E-state index contributed by atoms with van der Waals surface area (Å²) >= 11 is 1.59. The van der Waals surface area contributed by atoms with E-state index < -0.39 is 12.1 Å². The third kappa shape index (κ3) is 7.96. The summed E-state index contributed by atoms with van der Waals surface area (Å²) < 4.78 is 0. The van der Waals surface area contributed by atoms with Crippen molar-refractivity contribution in [1.82, 2.24) is 20.5 Å². The summed E-state index contributed by atoms with van der Waals surface area (Å²) in [7, 11) is 0. The molecule has 0 saturated carbocycles. The van der Waals surface area contributed by atoms with Crippen LogP contribution in [0.3, 0.4) is 0 Å². The normalized spacial score (nSPS) is 16.2. The van der Waals surface area contributed by atoms with Gasteiger partial charge in [0.15, 0.2) is 0 Å². The zero-order valence-corrected chi connectivity index (χ0v) is 25.6. The van der Waals surface area contributed by atoms with Gasteiger partial charge in [0, 0.05) is 41.8 Å². The molecule has 3 N–H and O–H groups in total. The summed E-state index contributed by atoms with van der Waals surface area (Å²) in [6, 6.07) is 24.5. The number of aromatic nitrogens is 1. The molecule has 0 unspecified atom stereocenters. The average molecular weight is 597 g/mol. The number of thiazole rings is 1. The first-order chi connectivity index (χ1) is 20.9. The highest BCUT2D eigenvalue weighted by Crippen LogP contribution is 2.34. The van der Waals surface area contributed by atoms with E-state index in [1.165, 1.54) is 5.56 Å². The predicted molar refractivity (Wildman–Crippen MR) is 171 cm³/mol. The number of likely N-dealkylation sites (tertiary alicyclic amines) is 1. The van der Waals surface area contributed by atoms with Gasteiger partial charge in [-0.15, -0.1) is 11.3 Å². The molecule has 3 atom stereocenters. The number of carbonyl (C=O) groups excluding carboxylic acids is 2. The number of benzene rings is 3. The summed E-state index contributed by atoms with van der Waals surface area (Å²) in [6.45, 7) is 5.70. The van der Waals surface area contributed by atoms with Crippen LogP contribution in [0.15, 0.2) is 84.2 Å². The van der Waals surface area contributed by atoms with Crippen molar-refractivity contribution >= 4 is 23.2 Å². The first-order valence-corrected chi connectivity index (χ1v) is 15.9. The number of nitrogens with one attached hydrogen (secondary N) is 2. The molecule has 1 aliphatic rings. The quantitative estimate of drug-likeness (QED) is 0.201. The van der Waals surface area contributed by atoms with Crippen molar-refractivity contribution in [2.24, 2.45) is 0 Å². The Hall–Kier alpha value is -3.85. The number of aliphatic hydroxyl groups is 1. The molecule has 8 heteroatoms. The van der Waals surface area contributed by atoms with Crippen molar-refractivity contribution in [3.8, 4) is 0 Å². The maximum absolute atomic E-state index is 13.6. The molecule has 2 heterocycles. The second kappa shape index (κ2) is 14.6. The number of rotatable bonds is 12. The lowest BCUT2D eigenvalue weighted by Gasteiger charge is -2.25.